The number of anilines is 1. The SMILES string of the molecule is CC.CC(C)=O.Nc1ccccc1I. The van der Waals surface area contributed by atoms with Crippen LogP contribution < -0.4 is 5.73 Å². The van der Waals surface area contributed by atoms with Crippen molar-refractivity contribution in [2.45, 2.75) is 27.7 Å². The highest BCUT2D eigenvalue weighted by molar-refractivity contribution is 14.1. The number of ketones is 1. The van der Waals surface area contributed by atoms with Gasteiger partial charge in [0.1, 0.15) is 5.78 Å². The number of carbonyl (C=O) groups excluding carboxylic acids is 1. The highest BCUT2D eigenvalue weighted by Gasteiger charge is 1.86. The zero-order chi connectivity index (χ0) is 11.6. The summed E-state index contributed by atoms with van der Waals surface area (Å²) in [5, 5.41) is 0. The highest BCUT2D eigenvalue weighted by Crippen LogP contribution is 2.11. The maximum atomic E-state index is 9.44. The van der Waals surface area contributed by atoms with E-state index < -0.39 is 0 Å². The minimum Gasteiger partial charge on any atom is -0.398 e. The Bertz CT molecular complexity index is 236. The summed E-state index contributed by atoms with van der Waals surface area (Å²) >= 11 is 2.20. The third-order valence-corrected chi connectivity index (χ3v) is 1.89. The molecular formula is C11H18INO. The summed E-state index contributed by atoms with van der Waals surface area (Å²) in [4.78, 5) is 9.44. The van der Waals surface area contributed by atoms with Gasteiger partial charge in [-0.1, -0.05) is 26.0 Å². The number of halogens is 1. The Labute approximate surface area is 100 Å². The zero-order valence-corrected chi connectivity index (χ0v) is 11.3. The third-order valence-electron chi connectivity index (χ3n) is 0.905. The van der Waals surface area contributed by atoms with E-state index in [0.717, 1.165) is 9.26 Å². The topological polar surface area (TPSA) is 43.1 Å². The summed E-state index contributed by atoms with van der Waals surface area (Å²) in [7, 11) is 0. The van der Waals surface area contributed by atoms with E-state index in [1.165, 1.54) is 13.8 Å². The van der Waals surface area contributed by atoms with Crippen LogP contribution in [-0.4, -0.2) is 5.78 Å². The minimum atomic E-state index is 0.167. The maximum Gasteiger partial charge on any atom is 0.126 e. The summed E-state index contributed by atoms with van der Waals surface area (Å²) in [6.07, 6.45) is 0. The molecule has 2 nitrogen and oxygen atoms in total. The molecule has 3 heteroatoms. The molecule has 0 unspecified atom stereocenters. The van der Waals surface area contributed by atoms with Gasteiger partial charge in [-0.25, -0.2) is 0 Å². The summed E-state index contributed by atoms with van der Waals surface area (Å²) in [5.74, 6) is 0.167. The molecule has 0 atom stereocenters. The molecule has 0 aliphatic heterocycles. The second-order valence-electron chi connectivity index (χ2n) is 2.43. The van der Waals surface area contributed by atoms with Crippen LogP contribution in [0.2, 0.25) is 0 Å². The van der Waals surface area contributed by atoms with E-state index in [1.807, 2.05) is 38.1 Å². The molecule has 2 N–H and O–H groups in total. The average molecular weight is 307 g/mol. The average Bonchev–Trinajstić information content (AvgIpc) is 2.13. The number of Topliss-reactive ketones (excluding diaryl/α,β-unsaturated/α-hetero) is 1. The van der Waals surface area contributed by atoms with Gasteiger partial charge in [0.15, 0.2) is 0 Å². The van der Waals surface area contributed by atoms with Crippen molar-refractivity contribution in [3.63, 3.8) is 0 Å². The normalized spacial score (nSPS) is 7.50. The van der Waals surface area contributed by atoms with Crippen LogP contribution in [0.1, 0.15) is 27.7 Å². The summed E-state index contributed by atoms with van der Waals surface area (Å²) in [5.41, 5.74) is 6.37. The van der Waals surface area contributed by atoms with Crippen LogP contribution in [0.15, 0.2) is 24.3 Å². The van der Waals surface area contributed by atoms with E-state index >= 15 is 0 Å². The first-order valence-electron chi connectivity index (χ1n) is 4.51. The van der Waals surface area contributed by atoms with E-state index in [0.29, 0.717) is 0 Å². The number of hydrogen-bond donors (Lipinski definition) is 1. The van der Waals surface area contributed by atoms with Crippen LogP contribution in [0.5, 0.6) is 0 Å². The van der Waals surface area contributed by atoms with E-state index in [2.05, 4.69) is 22.6 Å². The lowest BCUT2D eigenvalue weighted by molar-refractivity contribution is -0.114. The van der Waals surface area contributed by atoms with Gasteiger partial charge in [0.05, 0.1) is 0 Å². The Hall–Kier alpha value is -0.580. The molecule has 1 aromatic carbocycles. The van der Waals surface area contributed by atoms with Crippen LogP contribution in [-0.2, 0) is 4.79 Å². The second kappa shape index (κ2) is 10.5. The molecule has 0 radical (unpaired) electrons. The van der Waals surface area contributed by atoms with Gasteiger partial charge in [-0.05, 0) is 48.6 Å². The van der Waals surface area contributed by atoms with Gasteiger partial charge in [0.2, 0.25) is 0 Å². The number of para-hydroxylation sites is 1. The molecule has 0 saturated heterocycles. The van der Waals surface area contributed by atoms with E-state index in [-0.39, 0.29) is 5.78 Å². The lowest BCUT2D eigenvalue weighted by Gasteiger charge is -1.91. The lowest BCUT2D eigenvalue weighted by Crippen LogP contribution is -1.85. The highest BCUT2D eigenvalue weighted by atomic mass is 127. The second-order valence-corrected chi connectivity index (χ2v) is 3.59. The zero-order valence-electron chi connectivity index (χ0n) is 9.17. The Morgan fingerprint density at radius 3 is 1.79 bits per heavy atom. The predicted molar refractivity (Wildman–Crippen MR) is 71.3 cm³/mol. The van der Waals surface area contributed by atoms with Crippen LogP contribution >= 0.6 is 22.6 Å². The molecule has 80 valence electrons. The standard InChI is InChI=1S/C6H6IN.C3H6O.C2H6/c7-5-3-1-2-4-6(5)8;1-3(2)4;1-2/h1-4H,8H2;1-2H3;1-2H3. The number of carbonyl (C=O) groups is 1. The fourth-order valence-corrected chi connectivity index (χ4v) is 0.862. The van der Waals surface area contributed by atoms with Crippen molar-refractivity contribution in [1.82, 2.24) is 0 Å². The van der Waals surface area contributed by atoms with Crippen molar-refractivity contribution >= 4 is 34.1 Å². The monoisotopic (exact) mass is 307 g/mol. The molecular weight excluding hydrogens is 289 g/mol. The van der Waals surface area contributed by atoms with Crippen LogP contribution in [0, 0.1) is 3.57 Å². The smallest absolute Gasteiger partial charge is 0.126 e. The Morgan fingerprint density at radius 2 is 1.57 bits per heavy atom. The number of rotatable bonds is 0. The molecule has 14 heavy (non-hydrogen) atoms. The maximum absolute atomic E-state index is 9.44. The number of benzene rings is 1. The third kappa shape index (κ3) is 11.4. The fourth-order valence-electron chi connectivity index (χ4n) is 0.475. The lowest BCUT2D eigenvalue weighted by atomic mass is 10.3. The molecule has 0 saturated carbocycles. The molecule has 0 bridgehead atoms. The summed E-state index contributed by atoms with van der Waals surface area (Å²) in [6.45, 7) is 7.06. The molecule has 0 aromatic heterocycles. The molecule has 0 spiro atoms. The van der Waals surface area contributed by atoms with Crippen LogP contribution in [0.4, 0.5) is 5.69 Å². The number of nitrogen functional groups attached to an aromatic ring is 1. The van der Waals surface area contributed by atoms with E-state index in [1.54, 1.807) is 0 Å². The number of hydrogen-bond acceptors (Lipinski definition) is 2. The molecule has 1 rings (SSSR count). The largest absolute Gasteiger partial charge is 0.398 e. The van der Waals surface area contributed by atoms with Crippen LogP contribution in [0.3, 0.4) is 0 Å². The molecule has 0 amide bonds. The van der Waals surface area contributed by atoms with Crippen molar-refractivity contribution in [2.75, 3.05) is 5.73 Å². The van der Waals surface area contributed by atoms with Crippen molar-refractivity contribution in [2.24, 2.45) is 0 Å². The first-order chi connectivity index (χ1) is 6.54. The molecule has 1 aromatic rings. The van der Waals surface area contributed by atoms with Gasteiger partial charge < -0.3 is 10.5 Å². The first-order valence-corrected chi connectivity index (χ1v) is 5.59. The summed E-state index contributed by atoms with van der Waals surface area (Å²) in [6, 6.07) is 7.77. The van der Waals surface area contributed by atoms with E-state index in [4.69, 9.17) is 5.73 Å². The Morgan fingerprint density at radius 1 is 1.21 bits per heavy atom. The van der Waals surface area contributed by atoms with Gasteiger partial charge in [-0.15, -0.1) is 0 Å². The Kier molecular flexibility index (Phi) is 11.9. The minimum absolute atomic E-state index is 0.167. The van der Waals surface area contributed by atoms with Crippen molar-refractivity contribution in [3.05, 3.63) is 27.8 Å². The predicted octanol–water partition coefficient (Wildman–Crippen LogP) is 3.49. The molecule has 0 heterocycles. The van der Waals surface area contributed by atoms with Gasteiger partial charge in [-0.2, -0.15) is 0 Å². The molecule has 0 aliphatic carbocycles. The quantitative estimate of drug-likeness (QED) is 0.589. The molecule has 0 aliphatic rings. The first kappa shape index (κ1) is 15.9. The van der Waals surface area contributed by atoms with Gasteiger partial charge in [0.25, 0.3) is 0 Å². The van der Waals surface area contributed by atoms with Crippen molar-refractivity contribution in [1.29, 1.82) is 0 Å². The summed E-state index contributed by atoms with van der Waals surface area (Å²) < 4.78 is 1.12. The van der Waals surface area contributed by atoms with Crippen molar-refractivity contribution in [3.8, 4) is 0 Å². The van der Waals surface area contributed by atoms with Crippen LogP contribution in [0.25, 0.3) is 0 Å². The van der Waals surface area contributed by atoms with Gasteiger partial charge in [-0.3, -0.25) is 0 Å². The molecule has 0 fully saturated rings. The number of nitrogens with two attached hydrogens (primary N) is 1. The van der Waals surface area contributed by atoms with E-state index in [9.17, 15) is 4.79 Å². The van der Waals surface area contributed by atoms with Gasteiger partial charge in [0, 0.05) is 9.26 Å². The Balaban J connectivity index is 0. The van der Waals surface area contributed by atoms with Crippen molar-refractivity contribution < 1.29 is 4.79 Å². The van der Waals surface area contributed by atoms with Gasteiger partial charge >= 0.3 is 0 Å². The fraction of sp³-hybridized carbons (Fsp3) is 0.364.